The third-order valence-corrected chi connectivity index (χ3v) is 3.71. The highest BCUT2D eigenvalue weighted by molar-refractivity contribution is 4.71. The van der Waals surface area contributed by atoms with E-state index < -0.39 is 0 Å². The Morgan fingerprint density at radius 3 is 2.13 bits per heavy atom. The van der Waals surface area contributed by atoms with Gasteiger partial charge in [-0.15, -0.1) is 0 Å². The van der Waals surface area contributed by atoms with Gasteiger partial charge in [0.05, 0.1) is 12.2 Å². The van der Waals surface area contributed by atoms with Crippen LogP contribution in [-0.2, 0) is 4.74 Å². The van der Waals surface area contributed by atoms with E-state index in [1.807, 2.05) is 0 Å². The van der Waals surface area contributed by atoms with Gasteiger partial charge in [-0.05, 0) is 45.2 Å². The Bertz CT molecular complexity index is 138. The highest BCUT2D eigenvalue weighted by atomic mass is 16.5. The van der Waals surface area contributed by atoms with Gasteiger partial charge in [-0.25, -0.2) is 0 Å². The minimum atomic E-state index is 0.545. The van der Waals surface area contributed by atoms with Crippen LogP contribution >= 0.6 is 0 Å². The predicted octanol–water partition coefficient (Wildman–Crippen LogP) is 2.87. The second-order valence-corrected chi connectivity index (χ2v) is 5.05. The van der Waals surface area contributed by atoms with Crippen molar-refractivity contribution in [2.75, 3.05) is 13.1 Å². The molecule has 2 nitrogen and oxygen atoms in total. The van der Waals surface area contributed by atoms with E-state index in [1.54, 1.807) is 0 Å². The molecule has 0 radical (unpaired) electrons. The summed E-state index contributed by atoms with van der Waals surface area (Å²) in [6.07, 6.45) is 13.1. The van der Waals surface area contributed by atoms with Crippen molar-refractivity contribution in [1.82, 2.24) is 5.32 Å². The van der Waals surface area contributed by atoms with Crippen molar-refractivity contribution in [3.05, 3.63) is 0 Å². The van der Waals surface area contributed by atoms with Crippen LogP contribution in [0.5, 0.6) is 0 Å². The molecule has 2 rings (SSSR count). The molecule has 1 aliphatic heterocycles. The molecule has 2 heteroatoms. The molecule has 2 fully saturated rings. The molecule has 0 aromatic rings. The number of hydrogen-bond acceptors (Lipinski definition) is 2. The first-order chi connectivity index (χ1) is 7.45. The topological polar surface area (TPSA) is 21.3 Å². The van der Waals surface area contributed by atoms with Gasteiger partial charge in [-0.2, -0.15) is 0 Å². The highest BCUT2D eigenvalue weighted by Crippen LogP contribution is 2.23. The Kier molecular flexibility index (Phi) is 4.94. The third-order valence-electron chi connectivity index (χ3n) is 3.71. The smallest absolute Gasteiger partial charge is 0.0591 e. The van der Waals surface area contributed by atoms with Crippen molar-refractivity contribution < 1.29 is 4.74 Å². The van der Waals surface area contributed by atoms with Crippen LogP contribution in [0.4, 0.5) is 0 Å². The molecule has 0 bridgehead atoms. The number of nitrogens with one attached hydrogen (secondary N) is 1. The maximum Gasteiger partial charge on any atom is 0.0591 e. The van der Waals surface area contributed by atoms with Crippen LogP contribution in [0, 0.1) is 0 Å². The van der Waals surface area contributed by atoms with E-state index in [9.17, 15) is 0 Å². The maximum atomic E-state index is 6.25. The highest BCUT2D eigenvalue weighted by Gasteiger charge is 2.19. The average molecular weight is 211 g/mol. The van der Waals surface area contributed by atoms with E-state index in [4.69, 9.17) is 4.74 Å². The summed E-state index contributed by atoms with van der Waals surface area (Å²) in [5.41, 5.74) is 0. The van der Waals surface area contributed by atoms with Crippen LogP contribution in [0.1, 0.15) is 57.8 Å². The standard InChI is InChI=1S/C13H25NO/c1-2-4-7-12(6-3-1)15-13-8-5-10-14-11-9-13/h12-14H,1-11H2. The molecule has 1 N–H and O–H groups in total. The van der Waals surface area contributed by atoms with E-state index in [-0.39, 0.29) is 0 Å². The SMILES string of the molecule is C1CCCC(OC2CCCNCC2)CC1. The Balaban J connectivity index is 1.73. The Morgan fingerprint density at radius 1 is 0.667 bits per heavy atom. The van der Waals surface area contributed by atoms with E-state index in [2.05, 4.69) is 5.32 Å². The Hall–Kier alpha value is -0.0800. The minimum absolute atomic E-state index is 0.545. The Labute approximate surface area is 93.8 Å². The van der Waals surface area contributed by atoms with Gasteiger partial charge in [0, 0.05) is 0 Å². The van der Waals surface area contributed by atoms with E-state index in [0.717, 1.165) is 6.54 Å². The maximum absolute atomic E-state index is 6.25. The molecular weight excluding hydrogens is 186 g/mol. The lowest BCUT2D eigenvalue weighted by Crippen LogP contribution is -2.23. The van der Waals surface area contributed by atoms with Gasteiger partial charge in [0.15, 0.2) is 0 Å². The van der Waals surface area contributed by atoms with Crippen LogP contribution in [0.15, 0.2) is 0 Å². The number of rotatable bonds is 2. The molecule has 2 aliphatic rings. The zero-order chi connectivity index (χ0) is 10.3. The molecule has 0 spiro atoms. The second kappa shape index (κ2) is 6.49. The average Bonchev–Trinajstić information content (AvgIpc) is 2.63. The van der Waals surface area contributed by atoms with Crippen molar-refractivity contribution in [3.63, 3.8) is 0 Å². The molecule has 0 aromatic carbocycles. The van der Waals surface area contributed by atoms with Gasteiger partial charge < -0.3 is 10.1 Å². The molecular formula is C13H25NO. The van der Waals surface area contributed by atoms with Crippen molar-refractivity contribution in [1.29, 1.82) is 0 Å². The summed E-state index contributed by atoms with van der Waals surface area (Å²) in [5, 5.41) is 3.45. The Morgan fingerprint density at radius 2 is 1.33 bits per heavy atom. The molecule has 15 heavy (non-hydrogen) atoms. The summed E-state index contributed by atoms with van der Waals surface area (Å²) in [5.74, 6) is 0. The van der Waals surface area contributed by atoms with Gasteiger partial charge in [0.2, 0.25) is 0 Å². The molecule has 1 heterocycles. The second-order valence-electron chi connectivity index (χ2n) is 5.05. The summed E-state index contributed by atoms with van der Waals surface area (Å²) in [4.78, 5) is 0. The zero-order valence-electron chi connectivity index (χ0n) is 9.84. The van der Waals surface area contributed by atoms with Crippen molar-refractivity contribution in [2.24, 2.45) is 0 Å². The van der Waals surface area contributed by atoms with Crippen molar-refractivity contribution in [3.8, 4) is 0 Å². The monoisotopic (exact) mass is 211 g/mol. The number of ether oxygens (including phenoxy) is 1. The summed E-state index contributed by atoms with van der Waals surface area (Å²) in [6.45, 7) is 2.34. The summed E-state index contributed by atoms with van der Waals surface area (Å²) in [7, 11) is 0. The van der Waals surface area contributed by atoms with E-state index in [1.165, 1.54) is 64.3 Å². The van der Waals surface area contributed by atoms with Crippen LogP contribution in [-0.4, -0.2) is 25.3 Å². The van der Waals surface area contributed by atoms with Gasteiger partial charge in [-0.1, -0.05) is 25.7 Å². The van der Waals surface area contributed by atoms with Crippen molar-refractivity contribution in [2.45, 2.75) is 70.0 Å². The molecule has 1 unspecified atom stereocenters. The van der Waals surface area contributed by atoms with Gasteiger partial charge >= 0.3 is 0 Å². The molecule has 1 aliphatic carbocycles. The predicted molar refractivity (Wildman–Crippen MR) is 63.1 cm³/mol. The fourth-order valence-electron chi connectivity index (χ4n) is 2.77. The summed E-state index contributed by atoms with van der Waals surface area (Å²) in [6, 6.07) is 0. The molecule has 1 saturated heterocycles. The lowest BCUT2D eigenvalue weighted by molar-refractivity contribution is -0.0243. The molecule has 1 saturated carbocycles. The van der Waals surface area contributed by atoms with Crippen LogP contribution in [0.3, 0.4) is 0 Å². The largest absolute Gasteiger partial charge is 0.375 e. The molecule has 88 valence electrons. The zero-order valence-corrected chi connectivity index (χ0v) is 9.84. The molecule has 0 amide bonds. The first-order valence-electron chi connectivity index (χ1n) is 6.81. The fraction of sp³-hybridized carbons (Fsp3) is 1.00. The number of hydrogen-bond donors (Lipinski definition) is 1. The van der Waals surface area contributed by atoms with E-state index in [0.29, 0.717) is 12.2 Å². The first-order valence-corrected chi connectivity index (χ1v) is 6.81. The van der Waals surface area contributed by atoms with Gasteiger partial charge in [0.25, 0.3) is 0 Å². The van der Waals surface area contributed by atoms with E-state index >= 15 is 0 Å². The van der Waals surface area contributed by atoms with Crippen molar-refractivity contribution >= 4 is 0 Å². The van der Waals surface area contributed by atoms with Gasteiger partial charge in [0.1, 0.15) is 0 Å². The van der Waals surface area contributed by atoms with Gasteiger partial charge in [-0.3, -0.25) is 0 Å². The molecule has 1 atom stereocenters. The minimum Gasteiger partial charge on any atom is -0.375 e. The summed E-state index contributed by atoms with van der Waals surface area (Å²) < 4.78 is 6.25. The molecule has 0 aromatic heterocycles. The fourth-order valence-corrected chi connectivity index (χ4v) is 2.77. The normalized spacial score (nSPS) is 30.8. The van der Waals surface area contributed by atoms with Crippen LogP contribution in [0.25, 0.3) is 0 Å². The lowest BCUT2D eigenvalue weighted by atomic mass is 10.1. The quantitative estimate of drug-likeness (QED) is 0.709. The van der Waals surface area contributed by atoms with Crippen LogP contribution in [0.2, 0.25) is 0 Å². The third kappa shape index (κ3) is 4.12. The lowest BCUT2D eigenvalue weighted by Gasteiger charge is -2.22. The van der Waals surface area contributed by atoms with Crippen LogP contribution < -0.4 is 5.32 Å². The first kappa shape index (κ1) is 11.4. The summed E-state index contributed by atoms with van der Waals surface area (Å²) >= 11 is 0.